The Balaban J connectivity index is 1.66. The molecular weight excluding hydrogens is 334 g/mol. The van der Waals surface area contributed by atoms with Gasteiger partial charge in [0, 0.05) is 11.8 Å². The standard InChI is InChI=1S/C16H23NO4S2/c1-12-4-3-5-15(10-12)21-7-8-22-13(2)16(18)17-14-6-9-23(19,20)11-14/h3-5,10,13-14H,6-9,11H2,1-2H3,(H,17,18)/t13-,14+/m0/s1. The van der Waals surface area contributed by atoms with E-state index in [9.17, 15) is 13.2 Å². The van der Waals surface area contributed by atoms with Gasteiger partial charge in [-0.1, -0.05) is 12.1 Å². The number of sulfone groups is 1. The molecule has 1 aromatic carbocycles. The number of ether oxygens (including phenoxy) is 1. The quantitative estimate of drug-likeness (QED) is 0.754. The number of hydrogen-bond donors (Lipinski definition) is 1. The summed E-state index contributed by atoms with van der Waals surface area (Å²) in [6.45, 7) is 4.37. The van der Waals surface area contributed by atoms with Crippen molar-refractivity contribution in [2.24, 2.45) is 0 Å². The second-order valence-electron chi connectivity index (χ2n) is 5.79. The van der Waals surface area contributed by atoms with Gasteiger partial charge in [-0.2, -0.15) is 0 Å². The SMILES string of the molecule is Cc1cccc(OCCS[C@@H](C)C(=O)N[C@@H]2CCS(=O)(=O)C2)c1. The average Bonchev–Trinajstić information content (AvgIpc) is 2.82. The number of rotatable bonds is 7. The van der Waals surface area contributed by atoms with Crippen LogP contribution in [0.4, 0.5) is 0 Å². The third kappa shape index (κ3) is 6.06. The molecule has 1 aromatic rings. The van der Waals surface area contributed by atoms with E-state index in [-0.39, 0.29) is 28.7 Å². The number of thioether (sulfide) groups is 1. The molecule has 0 aromatic heterocycles. The van der Waals surface area contributed by atoms with Crippen molar-refractivity contribution < 1.29 is 17.9 Å². The zero-order valence-corrected chi connectivity index (χ0v) is 15.1. The van der Waals surface area contributed by atoms with Gasteiger partial charge in [-0.15, -0.1) is 11.8 Å². The van der Waals surface area contributed by atoms with Gasteiger partial charge in [-0.05, 0) is 38.0 Å². The average molecular weight is 357 g/mol. The molecule has 2 rings (SSSR count). The zero-order valence-electron chi connectivity index (χ0n) is 13.4. The van der Waals surface area contributed by atoms with E-state index in [0.29, 0.717) is 18.8 Å². The molecule has 7 heteroatoms. The minimum absolute atomic E-state index is 0.0621. The Morgan fingerprint density at radius 3 is 2.91 bits per heavy atom. The summed E-state index contributed by atoms with van der Waals surface area (Å²) in [6.07, 6.45) is 0.516. The molecule has 0 aliphatic carbocycles. The summed E-state index contributed by atoms with van der Waals surface area (Å²) in [5, 5.41) is 2.60. The number of hydrogen-bond acceptors (Lipinski definition) is 5. The number of carbonyl (C=O) groups excluding carboxylic acids is 1. The molecule has 1 aliphatic heterocycles. The van der Waals surface area contributed by atoms with E-state index in [0.717, 1.165) is 11.3 Å². The predicted octanol–water partition coefficient (Wildman–Crippen LogP) is 1.80. The van der Waals surface area contributed by atoms with Crippen molar-refractivity contribution in [2.45, 2.75) is 31.6 Å². The Morgan fingerprint density at radius 1 is 1.48 bits per heavy atom. The van der Waals surface area contributed by atoms with Crippen LogP contribution in [0, 0.1) is 6.92 Å². The lowest BCUT2D eigenvalue weighted by Crippen LogP contribution is -2.40. The lowest BCUT2D eigenvalue weighted by molar-refractivity contribution is -0.120. The Bertz CT molecular complexity index is 645. The Hall–Kier alpha value is -1.21. The topological polar surface area (TPSA) is 72.5 Å². The lowest BCUT2D eigenvalue weighted by atomic mass is 10.2. The van der Waals surface area contributed by atoms with E-state index in [1.807, 2.05) is 38.1 Å². The highest BCUT2D eigenvalue weighted by molar-refractivity contribution is 8.00. The number of amides is 1. The number of benzene rings is 1. The molecule has 0 saturated carbocycles. The first-order valence-electron chi connectivity index (χ1n) is 7.67. The van der Waals surface area contributed by atoms with Crippen LogP contribution in [0.15, 0.2) is 24.3 Å². The maximum Gasteiger partial charge on any atom is 0.233 e. The first kappa shape index (κ1) is 18.1. The summed E-state index contributed by atoms with van der Waals surface area (Å²) in [6, 6.07) is 7.61. The maximum atomic E-state index is 12.1. The monoisotopic (exact) mass is 357 g/mol. The fourth-order valence-corrected chi connectivity index (χ4v) is 4.82. The van der Waals surface area contributed by atoms with Crippen LogP contribution in [0.5, 0.6) is 5.75 Å². The van der Waals surface area contributed by atoms with Crippen LogP contribution in [0.2, 0.25) is 0 Å². The van der Waals surface area contributed by atoms with E-state index < -0.39 is 9.84 Å². The Kier molecular flexibility index (Phi) is 6.35. The summed E-state index contributed by atoms with van der Waals surface area (Å²) < 4.78 is 28.4. The van der Waals surface area contributed by atoms with Crippen LogP contribution in [0.25, 0.3) is 0 Å². The normalized spacial score (nSPS) is 20.9. The van der Waals surface area contributed by atoms with Crippen molar-refractivity contribution in [3.63, 3.8) is 0 Å². The number of nitrogens with one attached hydrogen (secondary N) is 1. The van der Waals surface area contributed by atoms with E-state index >= 15 is 0 Å². The minimum Gasteiger partial charge on any atom is -0.493 e. The van der Waals surface area contributed by atoms with E-state index in [4.69, 9.17) is 4.74 Å². The van der Waals surface area contributed by atoms with Crippen molar-refractivity contribution in [3.05, 3.63) is 29.8 Å². The molecule has 2 atom stereocenters. The van der Waals surface area contributed by atoms with Gasteiger partial charge in [-0.3, -0.25) is 4.79 Å². The maximum absolute atomic E-state index is 12.1. The van der Waals surface area contributed by atoms with Crippen LogP contribution in [-0.4, -0.2) is 49.5 Å². The van der Waals surface area contributed by atoms with Gasteiger partial charge in [-0.25, -0.2) is 8.42 Å². The molecule has 0 unspecified atom stereocenters. The van der Waals surface area contributed by atoms with Crippen LogP contribution in [0.1, 0.15) is 18.9 Å². The summed E-state index contributed by atoms with van der Waals surface area (Å²) in [4.78, 5) is 12.1. The molecule has 23 heavy (non-hydrogen) atoms. The van der Waals surface area contributed by atoms with Crippen LogP contribution >= 0.6 is 11.8 Å². The molecule has 1 aliphatic rings. The molecule has 0 radical (unpaired) electrons. The summed E-state index contributed by atoms with van der Waals surface area (Å²) in [7, 11) is -2.96. The lowest BCUT2D eigenvalue weighted by Gasteiger charge is -2.15. The fraction of sp³-hybridized carbons (Fsp3) is 0.562. The van der Waals surface area contributed by atoms with Gasteiger partial charge in [0.15, 0.2) is 9.84 Å². The number of carbonyl (C=O) groups is 1. The van der Waals surface area contributed by atoms with E-state index in [1.165, 1.54) is 11.8 Å². The van der Waals surface area contributed by atoms with Crippen molar-refractivity contribution >= 4 is 27.5 Å². The van der Waals surface area contributed by atoms with Gasteiger partial charge < -0.3 is 10.1 Å². The van der Waals surface area contributed by atoms with Crippen LogP contribution in [-0.2, 0) is 14.6 Å². The molecule has 5 nitrogen and oxygen atoms in total. The molecule has 1 amide bonds. The predicted molar refractivity (Wildman–Crippen MR) is 93.8 cm³/mol. The molecule has 0 spiro atoms. The van der Waals surface area contributed by atoms with Crippen LogP contribution < -0.4 is 10.1 Å². The molecule has 1 saturated heterocycles. The van der Waals surface area contributed by atoms with E-state index in [1.54, 1.807) is 0 Å². The van der Waals surface area contributed by atoms with E-state index in [2.05, 4.69) is 5.32 Å². The second kappa shape index (κ2) is 8.06. The summed E-state index contributed by atoms with van der Waals surface area (Å²) in [5.74, 6) is 1.66. The van der Waals surface area contributed by atoms with Gasteiger partial charge >= 0.3 is 0 Å². The molecule has 1 fully saturated rings. The van der Waals surface area contributed by atoms with Crippen molar-refractivity contribution in [2.75, 3.05) is 23.9 Å². The zero-order chi connectivity index (χ0) is 16.9. The first-order chi connectivity index (χ1) is 10.9. The largest absolute Gasteiger partial charge is 0.493 e. The second-order valence-corrected chi connectivity index (χ2v) is 9.46. The Morgan fingerprint density at radius 2 is 2.26 bits per heavy atom. The molecule has 128 valence electrons. The van der Waals surface area contributed by atoms with Crippen molar-refractivity contribution in [1.82, 2.24) is 5.32 Å². The third-order valence-electron chi connectivity index (χ3n) is 3.66. The summed E-state index contributed by atoms with van der Waals surface area (Å²) >= 11 is 1.50. The van der Waals surface area contributed by atoms with Crippen LogP contribution in [0.3, 0.4) is 0 Å². The van der Waals surface area contributed by atoms with Crippen molar-refractivity contribution in [1.29, 1.82) is 0 Å². The van der Waals surface area contributed by atoms with Crippen molar-refractivity contribution in [3.8, 4) is 5.75 Å². The molecule has 1 N–H and O–H groups in total. The highest BCUT2D eigenvalue weighted by atomic mass is 32.2. The van der Waals surface area contributed by atoms with Gasteiger partial charge in [0.1, 0.15) is 5.75 Å². The smallest absolute Gasteiger partial charge is 0.233 e. The fourth-order valence-electron chi connectivity index (χ4n) is 2.39. The van der Waals surface area contributed by atoms with Gasteiger partial charge in [0.2, 0.25) is 5.91 Å². The molecule has 0 bridgehead atoms. The minimum atomic E-state index is -2.96. The highest BCUT2D eigenvalue weighted by Crippen LogP contribution is 2.16. The third-order valence-corrected chi connectivity index (χ3v) is 6.54. The summed E-state index contributed by atoms with van der Waals surface area (Å²) in [5.41, 5.74) is 1.15. The first-order valence-corrected chi connectivity index (χ1v) is 10.5. The molecule has 1 heterocycles. The van der Waals surface area contributed by atoms with Gasteiger partial charge in [0.05, 0.1) is 23.4 Å². The number of aryl methyl sites for hydroxylation is 1. The van der Waals surface area contributed by atoms with Gasteiger partial charge in [0.25, 0.3) is 0 Å². The Labute approximate surface area is 142 Å². The highest BCUT2D eigenvalue weighted by Gasteiger charge is 2.29. The molecular formula is C16H23NO4S2.